The summed E-state index contributed by atoms with van der Waals surface area (Å²) in [5.41, 5.74) is 1.54. The molecule has 2 saturated heterocycles. The second-order valence-corrected chi connectivity index (χ2v) is 16.3. The number of likely N-dealkylation sites (N-methyl/N-ethyl adjacent to an activating group) is 1. The number of aliphatic imine (C=N–C) groups is 1. The highest BCUT2D eigenvalue weighted by atomic mass is 35.5. The molecule has 2 aromatic carbocycles. The zero-order chi connectivity index (χ0) is 36.7. The Morgan fingerprint density at radius 3 is 2.14 bits per heavy atom. The van der Waals surface area contributed by atoms with Gasteiger partial charge in [0.1, 0.15) is 17.1 Å². The van der Waals surface area contributed by atoms with Crippen LogP contribution in [-0.4, -0.2) is 102 Å². The third kappa shape index (κ3) is 6.85. The number of amidine groups is 1. The zero-order valence-corrected chi connectivity index (χ0v) is 32.3. The summed E-state index contributed by atoms with van der Waals surface area (Å²) in [5.74, 6) is 1.05. The van der Waals surface area contributed by atoms with E-state index in [2.05, 4.69) is 51.5 Å². The smallest absolute Gasteiger partial charge is 0.227 e. The van der Waals surface area contributed by atoms with Crippen LogP contribution in [0, 0.1) is 5.92 Å². The first-order valence-corrected chi connectivity index (χ1v) is 18.7. The van der Waals surface area contributed by atoms with E-state index in [9.17, 15) is 9.59 Å². The fraction of sp³-hybridized carbons (Fsp3) is 0.500. The minimum absolute atomic E-state index is 0.114. The molecule has 1 aromatic heterocycles. The van der Waals surface area contributed by atoms with Crippen LogP contribution in [0.2, 0.25) is 10.0 Å². The SMILES string of the molecule is CCOc1cc(C(C)(C)C)ncc1C1=NC(C)(c2ccc(Cl)cc2)C(C)(c2ccc(Cl)cc2)N1[C@H]1CN(C=O)CC[C@@H]1C(=O)N1CCN(C)CC1. The number of piperazine rings is 1. The molecule has 3 aromatic rings. The summed E-state index contributed by atoms with van der Waals surface area (Å²) in [6.07, 6.45) is 3.30. The lowest BCUT2D eigenvalue weighted by Crippen LogP contribution is -2.64. The van der Waals surface area contributed by atoms with Gasteiger partial charge in [0.2, 0.25) is 12.3 Å². The number of ether oxygens (including phenoxy) is 1. The van der Waals surface area contributed by atoms with Crippen molar-refractivity contribution >= 4 is 41.4 Å². The average molecular weight is 734 g/mol. The third-order valence-electron chi connectivity index (χ3n) is 11.2. The Kier molecular flexibility index (Phi) is 10.5. The maximum absolute atomic E-state index is 14.7. The highest BCUT2D eigenvalue weighted by Crippen LogP contribution is 2.55. The van der Waals surface area contributed by atoms with Crippen LogP contribution < -0.4 is 4.74 Å². The van der Waals surface area contributed by atoms with Gasteiger partial charge in [-0.15, -0.1) is 0 Å². The topological polar surface area (TPSA) is 81.6 Å². The van der Waals surface area contributed by atoms with Crippen molar-refractivity contribution in [1.82, 2.24) is 24.6 Å². The monoisotopic (exact) mass is 732 g/mol. The Hall–Kier alpha value is -3.66. The molecule has 0 aliphatic carbocycles. The summed E-state index contributed by atoms with van der Waals surface area (Å²) in [6.45, 7) is 17.0. The molecule has 2 fully saturated rings. The molecule has 0 bridgehead atoms. The van der Waals surface area contributed by atoms with E-state index < -0.39 is 23.0 Å². The van der Waals surface area contributed by atoms with E-state index in [0.717, 1.165) is 41.9 Å². The van der Waals surface area contributed by atoms with E-state index in [0.29, 0.717) is 60.8 Å². The number of nitrogens with zero attached hydrogens (tertiary/aromatic N) is 6. The summed E-state index contributed by atoms with van der Waals surface area (Å²) < 4.78 is 6.39. The van der Waals surface area contributed by atoms with Gasteiger partial charge >= 0.3 is 0 Å². The largest absolute Gasteiger partial charge is 0.493 e. The maximum atomic E-state index is 14.7. The number of rotatable bonds is 8. The summed E-state index contributed by atoms with van der Waals surface area (Å²) >= 11 is 13.0. The standard InChI is InChI=1S/C40H50Cl2N6O3/c1-8-51-34-23-35(38(2,3)4)43-24-32(34)36-44-39(5,27-9-13-29(41)14-10-27)40(6,28-11-15-30(42)16-12-28)48(36)33-25-46(26-49)18-17-31(33)37(50)47-21-19-45(7)20-22-47/h9-16,23-24,26,31,33H,8,17-22,25H2,1-7H3/t31-,33-,39?,40?/m0/s1. The van der Waals surface area contributed by atoms with Crippen molar-refractivity contribution in [2.45, 2.75) is 70.5 Å². The van der Waals surface area contributed by atoms with Gasteiger partial charge in [0, 0.05) is 72.7 Å². The predicted octanol–water partition coefficient (Wildman–Crippen LogP) is 6.60. The van der Waals surface area contributed by atoms with E-state index in [1.165, 1.54) is 0 Å². The summed E-state index contributed by atoms with van der Waals surface area (Å²) in [6, 6.07) is 17.3. The maximum Gasteiger partial charge on any atom is 0.227 e. The number of amides is 2. The molecule has 0 N–H and O–H groups in total. The molecule has 51 heavy (non-hydrogen) atoms. The van der Waals surface area contributed by atoms with Gasteiger partial charge in [-0.3, -0.25) is 19.6 Å². The van der Waals surface area contributed by atoms with Crippen molar-refractivity contribution in [3.05, 3.63) is 93.2 Å². The molecule has 0 saturated carbocycles. The number of halogens is 2. The van der Waals surface area contributed by atoms with Crippen LogP contribution in [-0.2, 0) is 26.1 Å². The Labute approximate surface area is 312 Å². The lowest BCUT2D eigenvalue weighted by atomic mass is 9.69. The Balaban J connectivity index is 1.63. The van der Waals surface area contributed by atoms with Crippen LogP contribution in [0.4, 0.5) is 0 Å². The van der Waals surface area contributed by atoms with Crippen LogP contribution >= 0.6 is 23.2 Å². The van der Waals surface area contributed by atoms with Gasteiger partial charge in [-0.25, -0.2) is 0 Å². The Morgan fingerprint density at radius 1 is 0.961 bits per heavy atom. The third-order valence-corrected chi connectivity index (χ3v) is 11.7. The van der Waals surface area contributed by atoms with Gasteiger partial charge in [0.25, 0.3) is 0 Å². The van der Waals surface area contributed by atoms with E-state index in [-0.39, 0.29) is 11.3 Å². The van der Waals surface area contributed by atoms with Gasteiger partial charge in [-0.05, 0) is 69.6 Å². The number of carbonyl (C=O) groups excluding carboxylic acids is 2. The van der Waals surface area contributed by atoms with E-state index >= 15 is 0 Å². The molecule has 11 heteroatoms. The van der Waals surface area contributed by atoms with Crippen molar-refractivity contribution in [2.75, 3.05) is 52.9 Å². The first-order valence-electron chi connectivity index (χ1n) is 17.9. The van der Waals surface area contributed by atoms with Crippen LogP contribution in [0.1, 0.15) is 70.3 Å². The molecule has 2 amide bonds. The molecule has 3 aliphatic rings. The molecule has 0 spiro atoms. The highest BCUT2D eigenvalue weighted by molar-refractivity contribution is 6.30. The van der Waals surface area contributed by atoms with Gasteiger partial charge < -0.3 is 24.3 Å². The molecule has 3 aliphatic heterocycles. The molecule has 2 unspecified atom stereocenters. The van der Waals surface area contributed by atoms with Crippen molar-refractivity contribution < 1.29 is 14.3 Å². The molecular formula is C40H50Cl2N6O3. The molecule has 4 heterocycles. The van der Waals surface area contributed by atoms with Gasteiger partial charge in [-0.2, -0.15) is 0 Å². The predicted molar refractivity (Wildman–Crippen MR) is 204 cm³/mol. The molecule has 0 radical (unpaired) electrons. The zero-order valence-electron chi connectivity index (χ0n) is 30.8. The Bertz CT molecular complexity index is 1770. The molecule has 6 rings (SSSR count). The van der Waals surface area contributed by atoms with Crippen LogP contribution in [0.5, 0.6) is 5.75 Å². The van der Waals surface area contributed by atoms with Gasteiger partial charge in [0.05, 0.1) is 29.7 Å². The lowest BCUT2D eigenvalue weighted by Gasteiger charge is -2.53. The minimum Gasteiger partial charge on any atom is -0.493 e. The van der Waals surface area contributed by atoms with Gasteiger partial charge in [0.15, 0.2) is 0 Å². The Morgan fingerprint density at radius 2 is 1.57 bits per heavy atom. The summed E-state index contributed by atoms with van der Waals surface area (Å²) in [4.78, 5) is 46.3. The van der Waals surface area contributed by atoms with Crippen molar-refractivity contribution in [3.63, 3.8) is 0 Å². The summed E-state index contributed by atoms with van der Waals surface area (Å²) in [7, 11) is 2.09. The van der Waals surface area contributed by atoms with E-state index in [4.69, 9.17) is 37.9 Å². The molecule has 272 valence electrons. The second kappa shape index (κ2) is 14.4. The molecule has 9 nitrogen and oxygen atoms in total. The van der Waals surface area contributed by atoms with Gasteiger partial charge in [-0.1, -0.05) is 68.2 Å². The molecule has 4 atom stereocenters. The number of piperidine rings is 1. The number of hydrogen-bond donors (Lipinski definition) is 0. The number of carbonyl (C=O) groups is 2. The number of hydrogen-bond acceptors (Lipinski definition) is 7. The lowest BCUT2D eigenvalue weighted by molar-refractivity contribution is -0.144. The number of likely N-dealkylation sites (tertiary alicyclic amines) is 1. The average Bonchev–Trinajstić information content (AvgIpc) is 3.35. The van der Waals surface area contributed by atoms with Crippen molar-refractivity contribution in [3.8, 4) is 5.75 Å². The fourth-order valence-corrected chi connectivity index (χ4v) is 8.22. The van der Waals surface area contributed by atoms with Crippen molar-refractivity contribution in [1.29, 1.82) is 0 Å². The normalized spacial score (nSPS) is 25.9. The number of pyridine rings is 1. The molecular weight excluding hydrogens is 683 g/mol. The number of aromatic nitrogens is 1. The van der Waals surface area contributed by atoms with E-state index in [1.54, 1.807) is 4.90 Å². The van der Waals surface area contributed by atoms with Crippen LogP contribution in [0.25, 0.3) is 0 Å². The van der Waals surface area contributed by atoms with Crippen LogP contribution in [0.15, 0.2) is 65.8 Å². The van der Waals surface area contributed by atoms with E-state index in [1.807, 2.05) is 72.6 Å². The first kappa shape index (κ1) is 37.1. The van der Waals surface area contributed by atoms with Crippen molar-refractivity contribution in [2.24, 2.45) is 10.9 Å². The quantitative estimate of drug-likeness (QED) is 0.243. The summed E-state index contributed by atoms with van der Waals surface area (Å²) in [5, 5.41) is 1.25. The minimum atomic E-state index is -0.905. The fourth-order valence-electron chi connectivity index (χ4n) is 7.97. The number of benzene rings is 2. The second-order valence-electron chi connectivity index (χ2n) is 15.4. The highest BCUT2D eigenvalue weighted by Gasteiger charge is 2.61. The van der Waals surface area contributed by atoms with Crippen LogP contribution in [0.3, 0.4) is 0 Å². The first-order chi connectivity index (χ1) is 24.2.